The van der Waals surface area contributed by atoms with E-state index in [-0.39, 0.29) is 12.0 Å². The number of amides is 2. The molecule has 2 aliphatic rings. The van der Waals surface area contributed by atoms with Gasteiger partial charge in [-0.3, -0.25) is 9.20 Å². The summed E-state index contributed by atoms with van der Waals surface area (Å²) < 4.78 is 7.07. The first-order valence-corrected chi connectivity index (χ1v) is 7.57. The van der Waals surface area contributed by atoms with Crippen molar-refractivity contribution < 1.29 is 14.3 Å². The van der Waals surface area contributed by atoms with Crippen LogP contribution in [0.2, 0.25) is 5.02 Å². The van der Waals surface area contributed by atoms with Crippen molar-refractivity contribution in [3.63, 3.8) is 0 Å². The molecule has 9 heteroatoms. The minimum absolute atomic E-state index is 0.200. The fraction of sp³-hybridized carbons (Fsp3) is 0.429. The number of carbonyl (C=O) groups excluding carboxylic acids is 2. The highest BCUT2D eigenvalue weighted by Gasteiger charge is 2.49. The van der Waals surface area contributed by atoms with Crippen LogP contribution >= 0.6 is 11.6 Å². The highest BCUT2D eigenvalue weighted by atomic mass is 35.5. The number of likely N-dealkylation sites (N-methyl/N-ethyl adjacent to an activating group) is 1. The quantitative estimate of drug-likeness (QED) is 0.778. The van der Waals surface area contributed by atoms with Gasteiger partial charge < -0.3 is 14.5 Å². The Morgan fingerprint density at radius 2 is 2.22 bits per heavy atom. The number of imidazole rings is 1. The molecular formula is C14H14ClN5O3. The Bertz CT molecular complexity index is 822. The van der Waals surface area contributed by atoms with Crippen LogP contribution in [-0.2, 0) is 4.74 Å². The molecule has 2 saturated heterocycles. The fourth-order valence-electron chi connectivity index (χ4n) is 3.15. The SMILES string of the molecule is CN1C[C@]2(CCN(C(=O)c3cn4cc(Cl)cnc4n3)C2)OC1=O. The number of halogens is 1. The lowest BCUT2D eigenvalue weighted by atomic mass is 10.0. The van der Waals surface area contributed by atoms with Crippen molar-refractivity contribution in [2.75, 3.05) is 26.7 Å². The van der Waals surface area contributed by atoms with Crippen molar-refractivity contribution in [3.05, 3.63) is 29.3 Å². The maximum atomic E-state index is 12.6. The standard InChI is InChI=1S/C14H14ClN5O3/c1-18-7-14(23-13(18)22)2-3-19(8-14)11(21)10-6-20-5-9(15)4-16-12(20)17-10/h4-6H,2-3,7-8H2,1H3/t14-/m0/s1. The molecule has 120 valence electrons. The molecule has 0 saturated carbocycles. The van der Waals surface area contributed by atoms with Gasteiger partial charge in [-0.15, -0.1) is 0 Å². The molecule has 0 aliphatic carbocycles. The Morgan fingerprint density at radius 3 is 2.96 bits per heavy atom. The predicted molar refractivity (Wildman–Crippen MR) is 80.4 cm³/mol. The monoisotopic (exact) mass is 335 g/mol. The number of rotatable bonds is 1. The molecule has 0 bridgehead atoms. The Balaban J connectivity index is 1.56. The average Bonchev–Trinajstić information content (AvgIpc) is 3.17. The fourth-order valence-corrected chi connectivity index (χ4v) is 3.30. The van der Waals surface area contributed by atoms with Gasteiger partial charge in [-0.2, -0.15) is 0 Å². The lowest BCUT2D eigenvalue weighted by molar-refractivity contribution is 0.0551. The summed E-state index contributed by atoms with van der Waals surface area (Å²) in [4.78, 5) is 35.7. The molecule has 0 N–H and O–H groups in total. The third kappa shape index (κ3) is 2.29. The van der Waals surface area contributed by atoms with E-state index in [4.69, 9.17) is 16.3 Å². The van der Waals surface area contributed by atoms with E-state index in [2.05, 4.69) is 9.97 Å². The summed E-state index contributed by atoms with van der Waals surface area (Å²) in [5.74, 6) is 0.216. The van der Waals surface area contributed by atoms with E-state index in [1.54, 1.807) is 28.7 Å². The molecular weight excluding hydrogens is 322 g/mol. The van der Waals surface area contributed by atoms with E-state index in [1.807, 2.05) is 0 Å². The first-order chi connectivity index (χ1) is 11.0. The predicted octanol–water partition coefficient (Wildman–Crippen LogP) is 1.05. The van der Waals surface area contributed by atoms with Crippen LogP contribution < -0.4 is 0 Å². The van der Waals surface area contributed by atoms with Gasteiger partial charge in [-0.25, -0.2) is 14.8 Å². The zero-order valence-electron chi connectivity index (χ0n) is 12.4. The van der Waals surface area contributed by atoms with Crippen molar-refractivity contribution in [1.82, 2.24) is 24.2 Å². The first kappa shape index (κ1) is 14.3. The molecule has 2 amide bonds. The molecule has 23 heavy (non-hydrogen) atoms. The molecule has 8 nitrogen and oxygen atoms in total. The van der Waals surface area contributed by atoms with Crippen molar-refractivity contribution in [2.24, 2.45) is 0 Å². The van der Waals surface area contributed by atoms with E-state index < -0.39 is 5.60 Å². The third-order valence-electron chi connectivity index (χ3n) is 4.24. The largest absolute Gasteiger partial charge is 0.439 e. The van der Waals surface area contributed by atoms with Crippen molar-refractivity contribution >= 4 is 29.4 Å². The molecule has 1 spiro atoms. The van der Waals surface area contributed by atoms with Crippen LogP contribution in [0.15, 0.2) is 18.6 Å². The van der Waals surface area contributed by atoms with Gasteiger partial charge in [0, 0.05) is 32.4 Å². The van der Waals surface area contributed by atoms with Gasteiger partial charge in [0.05, 0.1) is 24.3 Å². The summed E-state index contributed by atoms with van der Waals surface area (Å²) in [6, 6.07) is 0. The summed E-state index contributed by atoms with van der Waals surface area (Å²) in [7, 11) is 1.69. The highest BCUT2D eigenvalue weighted by Crippen LogP contribution is 2.32. The smallest absolute Gasteiger partial charge is 0.410 e. The zero-order valence-corrected chi connectivity index (χ0v) is 13.2. The Kier molecular flexibility index (Phi) is 2.99. The third-order valence-corrected chi connectivity index (χ3v) is 4.44. The molecule has 4 rings (SSSR count). The van der Waals surface area contributed by atoms with Gasteiger partial charge in [0.25, 0.3) is 5.91 Å². The van der Waals surface area contributed by atoms with Crippen LogP contribution in [0, 0.1) is 0 Å². The summed E-state index contributed by atoms with van der Waals surface area (Å²) in [5.41, 5.74) is -0.295. The lowest BCUT2D eigenvalue weighted by Gasteiger charge is -2.21. The molecule has 0 aromatic carbocycles. The molecule has 0 unspecified atom stereocenters. The van der Waals surface area contributed by atoms with Crippen LogP contribution in [0.1, 0.15) is 16.9 Å². The number of hydrogen-bond donors (Lipinski definition) is 0. The molecule has 2 aromatic rings. The average molecular weight is 336 g/mol. The maximum absolute atomic E-state index is 12.6. The zero-order chi connectivity index (χ0) is 16.2. The van der Waals surface area contributed by atoms with E-state index in [9.17, 15) is 9.59 Å². The van der Waals surface area contributed by atoms with Gasteiger partial charge >= 0.3 is 6.09 Å². The molecule has 2 aromatic heterocycles. The van der Waals surface area contributed by atoms with E-state index in [1.165, 1.54) is 11.1 Å². The van der Waals surface area contributed by atoms with E-state index in [0.717, 1.165) is 0 Å². The van der Waals surface area contributed by atoms with Crippen LogP contribution in [-0.4, -0.2) is 68.5 Å². The van der Waals surface area contributed by atoms with Gasteiger partial charge in [-0.1, -0.05) is 11.6 Å². The summed E-state index contributed by atoms with van der Waals surface area (Å²) >= 11 is 5.88. The Morgan fingerprint density at radius 1 is 1.39 bits per heavy atom. The van der Waals surface area contributed by atoms with Gasteiger partial charge in [0.2, 0.25) is 5.78 Å². The second-order valence-electron chi connectivity index (χ2n) is 5.99. The van der Waals surface area contributed by atoms with Crippen molar-refractivity contribution in [1.29, 1.82) is 0 Å². The number of nitrogens with zero attached hydrogens (tertiary/aromatic N) is 5. The number of carbonyl (C=O) groups is 2. The summed E-state index contributed by atoms with van der Waals surface area (Å²) in [5, 5.41) is 0.468. The molecule has 1 atom stereocenters. The number of ether oxygens (including phenoxy) is 1. The summed E-state index contributed by atoms with van der Waals surface area (Å²) in [6.07, 6.45) is 5.02. The van der Waals surface area contributed by atoms with Crippen molar-refractivity contribution in [3.8, 4) is 0 Å². The number of fused-ring (bicyclic) bond motifs is 1. The number of aromatic nitrogens is 3. The minimum atomic E-state index is -0.595. The van der Waals surface area contributed by atoms with Gasteiger partial charge in [-0.05, 0) is 0 Å². The Labute approximate surface area is 136 Å². The highest BCUT2D eigenvalue weighted by molar-refractivity contribution is 6.30. The van der Waals surface area contributed by atoms with Gasteiger partial charge in [0.15, 0.2) is 5.60 Å². The maximum Gasteiger partial charge on any atom is 0.410 e. The molecule has 2 fully saturated rings. The first-order valence-electron chi connectivity index (χ1n) is 7.19. The summed E-state index contributed by atoms with van der Waals surface area (Å²) in [6.45, 7) is 1.41. The molecule has 0 radical (unpaired) electrons. The normalized spacial score (nSPS) is 24.0. The van der Waals surface area contributed by atoms with Crippen LogP contribution in [0.25, 0.3) is 5.78 Å². The van der Waals surface area contributed by atoms with E-state index in [0.29, 0.717) is 42.5 Å². The number of hydrogen-bond acceptors (Lipinski definition) is 5. The topological polar surface area (TPSA) is 80.0 Å². The van der Waals surface area contributed by atoms with Crippen LogP contribution in [0.5, 0.6) is 0 Å². The Hall–Kier alpha value is -2.35. The van der Waals surface area contributed by atoms with Crippen LogP contribution in [0.4, 0.5) is 4.79 Å². The van der Waals surface area contributed by atoms with Crippen molar-refractivity contribution in [2.45, 2.75) is 12.0 Å². The molecule has 4 heterocycles. The van der Waals surface area contributed by atoms with Crippen LogP contribution in [0.3, 0.4) is 0 Å². The molecule has 2 aliphatic heterocycles. The second-order valence-corrected chi connectivity index (χ2v) is 6.43. The number of likely N-dealkylation sites (tertiary alicyclic amines) is 1. The van der Waals surface area contributed by atoms with Gasteiger partial charge in [0.1, 0.15) is 5.69 Å². The minimum Gasteiger partial charge on any atom is -0.439 e. The lowest BCUT2D eigenvalue weighted by Crippen LogP contribution is -2.39. The second kappa shape index (κ2) is 4.82. The van der Waals surface area contributed by atoms with E-state index >= 15 is 0 Å².